The molecule has 3 rings (SSSR count). The lowest BCUT2D eigenvalue weighted by Gasteiger charge is -2.15. The van der Waals surface area contributed by atoms with Crippen LogP contribution in [0.1, 0.15) is 30.0 Å². The second-order valence-corrected chi connectivity index (χ2v) is 7.77. The Morgan fingerprint density at radius 1 is 1.17 bits per heavy atom. The molecule has 0 radical (unpaired) electrons. The van der Waals surface area contributed by atoms with E-state index in [1.165, 1.54) is 36.0 Å². The Hall–Kier alpha value is -2.87. The predicted molar refractivity (Wildman–Crippen MR) is 112 cm³/mol. The van der Waals surface area contributed by atoms with Gasteiger partial charge in [-0.25, -0.2) is 4.39 Å². The molecular formula is C21H23FN4O2S. The van der Waals surface area contributed by atoms with Crippen LogP contribution in [0, 0.1) is 19.7 Å². The first-order valence-electron chi connectivity index (χ1n) is 9.14. The third kappa shape index (κ3) is 5.57. The Balaban J connectivity index is 1.59. The van der Waals surface area contributed by atoms with E-state index in [1.54, 1.807) is 0 Å². The number of hydrogen-bond donors (Lipinski definition) is 1. The maximum absolute atomic E-state index is 12.9. The molecule has 1 atom stereocenters. The molecule has 0 aliphatic carbocycles. The number of nitrogens with zero attached hydrogens (tertiary/aromatic N) is 3. The van der Waals surface area contributed by atoms with Crippen molar-refractivity contribution in [1.29, 1.82) is 0 Å². The fourth-order valence-electron chi connectivity index (χ4n) is 2.92. The van der Waals surface area contributed by atoms with Gasteiger partial charge >= 0.3 is 0 Å². The molecule has 1 heterocycles. The predicted octanol–water partition coefficient (Wildman–Crippen LogP) is 4.44. The second-order valence-electron chi connectivity index (χ2n) is 6.83. The number of ether oxygens (including phenoxy) is 1. The van der Waals surface area contributed by atoms with Crippen molar-refractivity contribution in [2.45, 2.75) is 32.0 Å². The largest absolute Gasteiger partial charge is 0.483 e. The molecule has 1 amide bonds. The second kappa shape index (κ2) is 9.09. The van der Waals surface area contributed by atoms with Gasteiger partial charge in [0.05, 0.1) is 5.75 Å². The third-order valence-corrected chi connectivity index (χ3v) is 5.22. The zero-order valence-corrected chi connectivity index (χ0v) is 17.6. The number of aromatic nitrogens is 3. The molecular weight excluding hydrogens is 391 g/mol. The van der Waals surface area contributed by atoms with E-state index < -0.39 is 0 Å². The molecule has 6 nitrogen and oxygen atoms in total. The minimum absolute atomic E-state index is 0.162. The van der Waals surface area contributed by atoms with Crippen molar-refractivity contribution in [1.82, 2.24) is 14.8 Å². The lowest BCUT2D eigenvalue weighted by molar-refractivity contribution is -0.113. The quantitative estimate of drug-likeness (QED) is 0.579. The highest BCUT2D eigenvalue weighted by Crippen LogP contribution is 2.25. The normalized spacial score (nSPS) is 11.9. The van der Waals surface area contributed by atoms with Gasteiger partial charge in [-0.15, -0.1) is 10.2 Å². The number of hydrogen-bond acceptors (Lipinski definition) is 5. The van der Waals surface area contributed by atoms with Gasteiger partial charge < -0.3 is 14.6 Å². The molecule has 0 bridgehead atoms. The summed E-state index contributed by atoms with van der Waals surface area (Å²) in [7, 11) is 1.84. The van der Waals surface area contributed by atoms with Crippen molar-refractivity contribution < 1.29 is 13.9 Å². The van der Waals surface area contributed by atoms with Crippen LogP contribution < -0.4 is 10.1 Å². The standard InChI is InChI=1S/C21H23FN4O2S/c1-13-9-14(2)11-18(10-13)28-15(3)20-24-25-21(26(20)4)29-12-19(27)23-17-7-5-16(22)6-8-17/h5-11,15H,12H2,1-4H3,(H,23,27). The van der Waals surface area contributed by atoms with Gasteiger partial charge in [-0.1, -0.05) is 17.8 Å². The highest BCUT2D eigenvalue weighted by Gasteiger charge is 2.18. The molecule has 152 valence electrons. The zero-order chi connectivity index (χ0) is 21.0. The van der Waals surface area contributed by atoms with Gasteiger partial charge in [0.1, 0.15) is 11.6 Å². The van der Waals surface area contributed by atoms with Crippen molar-refractivity contribution in [3.63, 3.8) is 0 Å². The molecule has 2 aromatic carbocycles. The van der Waals surface area contributed by atoms with E-state index in [2.05, 4.69) is 21.6 Å². The van der Waals surface area contributed by atoms with Crippen LogP contribution in [0.3, 0.4) is 0 Å². The fourth-order valence-corrected chi connectivity index (χ4v) is 3.64. The van der Waals surface area contributed by atoms with Gasteiger partial charge in [0.25, 0.3) is 0 Å². The van der Waals surface area contributed by atoms with Gasteiger partial charge in [0.15, 0.2) is 17.1 Å². The van der Waals surface area contributed by atoms with Crippen LogP contribution in [0.5, 0.6) is 5.75 Å². The van der Waals surface area contributed by atoms with Gasteiger partial charge in [-0.3, -0.25) is 4.79 Å². The summed E-state index contributed by atoms with van der Waals surface area (Å²) in [6.07, 6.45) is -0.295. The first kappa shape index (κ1) is 20.9. The van der Waals surface area contributed by atoms with E-state index in [-0.39, 0.29) is 23.6 Å². The van der Waals surface area contributed by atoms with Crippen LogP contribution in [-0.2, 0) is 11.8 Å². The van der Waals surface area contributed by atoms with E-state index in [0.29, 0.717) is 16.7 Å². The molecule has 29 heavy (non-hydrogen) atoms. The van der Waals surface area contributed by atoms with Gasteiger partial charge in [-0.2, -0.15) is 0 Å². The van der Waals surface area contributed by atoms with Gasteiger partial charge in [0.2, 0.25) is 5.91 Å². The van der Waals surface area contributed by atoms with Crippen molar-refractivity contribution in [3.05, 3.63) is 65.2 Å². The summed E-state index contributed by atoms with van der Waals surface area (Å²) in [4.78, 5) is 12.1. The van der Waals surface area contributed by atoms with E-state index >= 15 is 0 Å². The number of aryl methyl sites for hydroxylation is 2. The van der Waals surface area contributed by atoms with Crippen molar-refractivity contribution in [2.75, 3.05) is 11.1 Å². The van der Waals surface area contributed by atoms with Crippen LogP contribution >= 0.6 is 11.8 Å². The molecule has 0 aliphatic heterocycles. The first-order valence-corrected chi connectivity index (χ1v) is 10.1. The molecule has 3 aromatic rings. The number of benzene rings is 2. The summed E-state index contributed by atoms with van der Waals surface area (Å²) in [6, 6.07) is 11.7. The number of carbonyl (C=O) groups excluding carboxylic acids is 1. The van der Waals surface area contributed by atoms with Crippen LogP contribution in [0.2, 0.25) is 0 Å². The summed E-state index contributed by atoms with van der Waals surface area (Å²) in [5.74, 6) is 1.07. The molecule has 1 unspecified atom stereocenters. The molecule has 0 saturated carbocycles. The number of anilines is 1. The van der Waals surface area contributed by atoms with Crippen LogP contribution in [0.15, 0.2) is 47.6 Å². The number of nitrogens with one attached hydrogen (secondary N) is 1. The Morgan fingerprint density at radius 3 is 2.48 bits per heavy atom. The monoisotopic (exact) mass is 414 g/mol. The average Bonchev–Trinajstić information content (AvgIpc) is 3.02. The van der Waals surface area contributed by atoms with Crippen LogP contribution in [0.4, 0.5) is 10.1 Å². The topological polar surface area (TPSA) is 69.0 Å². The summed E-state index contributed by atoms with van der Waals surface area (Å²) >= 11 is 1.27. The number of rotatable bonds is 7. The van der Waals surface area contributed by atoms with E-state index in [0.717, 1.165) is 16.9 Å². The maximum atomic E-state index is 12.9. The van der Waals surface area contributed by atoms with Gasteiger partial charge in [-0.05, 0) is 68.3 Å². The SMILES string of the molecule is Cc1cc(C)cc(OC(C)c2nnc(SCC(=O)Nc3ccc(F)cc3)n2C)c1. The van der Waals surface area contributed by atoms with Crippen LogP contribution in [-0.4, -0.2) is 26.4 Å². The van der Waals surface area contributed by atoms with E-state index in [4.69, 9.17) is 4.74 Å². The number of halogens is 1. The molecule has 0 saturated heterocycles. The van der Waals surface area contributed by atoms with Crippen molar-refractivity contribution >= 4 is 23.4 Å². The van der Waals surface area contributed by atoms with Crippen molar-refractivity contribution in [3.8, 4) is 5.75 Å². The number of amides is 1. The lowest BCUT2D eigenvalue weighted by Crippen LogP contribution is -2.15. The number of carbonyl (C=O) groups is 1. The maximum Gasteiger partial charge on any atom is 0.234 e. The molecule has 8 heteroatoms. The lowest BCUT2D eigenvalue weighted by atomic mass is 10.1. The minimum atomic E-state index is -0.346. The highest BCUT2D eigenvalue weighted by atomic mass is 32.2. The molecule has 1 N–H and O–H groups in total. The van der Waals surface area contributed by atoms with E-state index in [9.17, 15) is 9.18 Å². The Labute approximate surface area is 173 Å². The van der Waals surface area contributed by atoms with Gasteiger partial charge in [0, 0.05) is 12.7 Å². The summed E-state index contributed by atoms with van der Waals surface area (Å²) in [5.41, 5.74) is 2.81. The zero-order valence-electron chi connectivity index (χ0n) is 16.8. The fraction of sp³-hybridized carbons (Fsp3) is 0.286. The summed E-state index contributed by atoms with van der Waals surface area (Å²) < 4.78 is 20.8. The molecule has 1 aromatic heterocycles. The van der Waals surface area contributed by atoms with Crippen molar-refractivity contribution in [2.24, 2.45) is 7.05 Å². The number of thioether (sulfide) groups is 1. The first-order chi connectivity index (χ1) is 13.8. The highest BCUT2D eigenvalue weighted by molar-refractivity contribution is 7.99. The Kier molecular flexibility index (Phi) is 6.53. The molecule has 0 spiro atoms. The minimum Gasteiger partial charge on any atom is -0.483 e. The average molecular weight is 415 g/mol. The molecule has 0 fully saturated rings. The Bertz CT molecular complexity index is 984. The third-order valence-electron chi connectivity index (χ3n) is 4.20. The summed E-state index contributed by atoms with van der Waals surface area (Å²) in [6.45, 7) is 5.97. The summed E-state index contributed by atoms with van der Waals surface area (Å²) in [5, 5.41) is 11.7. The Morgan fingerprint density at radius 2 is 1.83 bits per heavy atom. The van der Waals surface area contributed by atoms with Crippen LogP contribution in [0.25, 0.3) is 0 Å². The smallest absolute Gasteiger partial charge is 0.234 e. The molecule has 0 aliphatic rings. The van der Waals surface area contributed by atoms with E-state index in [1.807, 2.05) is 44.5 Å².